The van der Waals surface area contributed by atoms with E-state index in [1.165, 1.54) is 7.11 Å². The van der Waals surface area contributed by atoms with Gasteiger partial charge in [-0.3, -0.25) is 9.69 Å². The smallest absolute Gasteiger partial charge is 0.326 e. The quantitative estimate of drug-likeness (QED) is 0.781. The molecule has 1 saturated carbocycles. The van der Waals surface area contributed by atoms with Gasteiger partial charge in [0.1, 0.15) is 5.54 Å². The van der Waals surface area contributed by atoms with Gasteiger partial charge < -0.3 is 14.8 Å². The largest absolute Gasteiger partial charge is 0.468 e. The van der Waals surface area contributed by atoms with Crippen LogP contribution in [0.1, 0.15) is 46.5 Å². The maximum atomic E-state index is 12.3. The summed E-state index contributed by atoms with van der Waals surface area (Å²) in [7, 11) is 1.49. The first-order valence-corrected chi connectivity index (χ1v) is 8.23. The number of morpholine rings is 1. The van der Waals surface area contributed by atoms with Crippen LogP contribution in [0.4, 0.5) is 0 Å². The number of carbonyl (C=O) groups excluding carboxylic acids is 1. The zero-order valence-corrected chi connectivity index (χ0v) is 13.9. The lowest BCUT2D eigenvalue weighted by Gasteiger charge is -2.39. The van der Waals surface area contributed by atoms with Crippen molar-refractivity contribution in [2.24, 2.45) is 0 Å². The number of methoxy groups -OCH3 is 1. The second-order valence-electron chi connectivity index (χ2n) is 6.61. The van der Waals surface area contributed by atoms with Crippen LogP contribution in [-0.2, 0) is 14.3 Å². The Morgan fingerprint density at radius 2 is 2.05 bits per heavy atom. The van der Waals surface area contributed by atoms with Crippen LogP contribution < -0.4 is 5.32 Å². The van der Waals surface area contributed by atoms with Crippen molar-refractivity contribution >= 4 is 5.97 Å². The maximum absolute atomic E-state index is 12.3. The Morgan fingerprint density at radius 3 is 2.62 bits per heavy atom. The van der Waals surface area contributed by atoms with Crippen LogP contribution in [0.5, 0.6) is 0 Å². The highest BCUT2D eigenvalue weighted by Crippen LogP contribution is 2.35. The van der Waals surface area contributed by atoms with Gasteiger partial charge in [-0.15, -0.1) is 0 Å². The number of nitrogens with zero attached hydrogens (tertiary/aromatic N) is 1. The number of esters is 1. The number of rotatable bonds is 5. The summed E-state index contributed by atoms with van der Waals surface area (Å²) in [5.41, 5.74) is -0.486. The average molecular weight is 298 g/mol. The highest BCUT2D eigenvalue weighted by Gasteiger charge is 2.48. The zero-order chi connectivity index (χ0) is 15.5. The summed E-state index contributed by atoms with van der Waals surface area (Å²) in [5.74, 6) is -0.104. The van der Waals surface area contributed by atoms with E-state index in [0.717, 1.165) is 45.3 Å². The molecule has 4 unspecified atom stereocenters. The third kappa shape index (κ3) is 3.76. The van der Waals surface area contributed by atoms with Crippen molar-refractivity contribution in [2.45, 2.75) is 70.2 Å². The van der Waals surface area contributed by atoms with Gasteiger partial charge in [-0.25, -0.2) is 0 Å². The Kier molecular flexibility index (Phi) is 5.63. The van der Waals surface area contributed by atoms with Crippen molar-refractivity contribution < 1.29 is 14.3 Å². The van der Waals surface area contributed by atoms with Crippen LogP contribution in [0.2, 0.25) is 0 Å². The molecule has 122 valence electrons. The van der Waals surface area contributed by atoms with E-state index in [9.17, 15) is 4.79 Å². The third-order valence-corrected chi connectivity index (χ3v) is 4.74. The molecule has 2 fully saturated rings. The Balaban J connectivity index is 2.03. The fourth-order valence-electron chi connectivity index (χ4n) is 3.82. The molecule has 1 saturated heterocycles. The van der Waals surface area contributed by atoms with Gasteiger partial charge in [0.25, 0.3) is 0 Å². The summed E-state index contributed by atoms with van der Waals surface area (Å²) in [5, 5.41) is 3.45. The van der Waals surface area contributed by atoms with Gasteiger partial charge in [0.05, 0.1) is 19.3 Å². The molecule has 2 rings (SSSR count). The van der Waals surface area contributed by atoms with Crippen molar-refractivity contribution in [1.29, 1.82) is 0 Å². The fraction of sp³-hybridized carbons (Fsp3) is 0.938. The maximum Gasteiger partial charge on any atom is 0.326 e. The molecule has 1 N–H and O–H groups in total. The first kappa shape index (κ1) is 16.7. The molecule has 1 aliphatic heterocycles. The van der Waals surface area contributed by atoms with Gasteiger partial charge in [0.15, 0.2) is 0 Å². The van der Waals surface area contributed by atoms with Crippen molar-refractivity contribution in [3.8, 4) is 0 Å². The normalized spacial score (nSPS) is 37.6. The number of hydrogen-bond donors (Lipinski definition) is 1. The minimum absolute atomic E-state index is 0.104. The molecule has 0 spiro atoms. The van der Waals surface area contributed by atoms with Gasteiger partial charge >= 0.3 is 5.97 Å². The Morgan fingerprint density at radius 1 is 1.38 bits per heavy atom. The van der Waals surface area contributed by atoms with E-state index in [2.05, 4.69) is 31.0 Å². The minimum atomic E-state index is -0.486. The Labute approximate surface area is 128 Å². The van der Waals surface area contributed by atoms with Crippen LogP contribution in [0.25, 0.3) is 0 Å². The van der Waals surface area contributed by atoms with Gasteiger partial charge in [-0.1, -0.05) is 6.92 Å². The Hall–Kier alpha value is -0.650. The van der Waals surface area contributed by atoms with Crippen LogP contribution >= 0.6 is 0 Å². The van der Waals surface area contributed by atoms with E-state index in [-0.39, 0.29) is 18.2 Å². The molecule has 0 radical (unpaired) electrons. The minimum Gasteiger partial charge on any atom is -0.468 e. The zero-order valence-electron chi connectivity index (χ0n) is 13.9. The van der Waals surface area contributed by atoms with Crippen molar-refractivity contribution in [3.63, 3.8) is 0 Å². The number of ether oxygens (including phenoxy) is 2. The van der Waals surface area contributed by atoms with Gasteiger partial charge in [-0.2, -0.15) is 0 Å². The van der Waals surface area contributed by atoms with E-state index < -0.39 is 5.54 Å². The van der Waals surface area contributed by atoms with Gasteiger partial charge in [0.2, 0.25) is 0 Å². The standard InChI is InChI=1S/C16H30N2O3/c1-5-8-17-16(15(19)20-4)7-6-14(9-16)18-10-12(2)21-13(3)11-18/h12-14,17H,5-11H2,1-4H3. The summed E-state index contributed by atoms with van der Waals surface area (Å²) >= 11 is 0. The summed E-state index contributed by atoms with van der Waals surface area (Å²) in [6.07, 6.45) is 4.32. The van der Waals surface area contributed by atoms with Crippen LogP contribution in [0, 0.1) is 0 Å². The number of carbonyl (C=O) groups is 1. The molecular formula is C16H30N2O3. The molecule has 0 aromatic rings. The first-order chi connectivity index (χ1) is 10.0. The molecular weight excluding hydrogens is 268 g/mol. The lowest BCUT2D eigenvalue weighted by molar-refractivity contribution is -0.148. The number of hydrogen-bond acceptors (Lipinski definition) is 5. The van der Waals surface area contributed by atoms with Gasteiger partial charge in [-0.05, 0) is 46.1 Å². The molecule has 4 atom stereocenters. The first-order valence-electron chi connectivity index (χ1n) is 8.23. The molecule has 2 aliphatic rings. The van der Waals surface area contributed by atoms with Crippen molar-refractivity contribution in [3.05, 3.63) is 0 Å². The molecule has 0 aromatic carbocycles. The predicted octanol–water partition coefficient (Wildman–Crippen LogP) is 1.56. The third-order valence-electron chi connectivity index (χ3n) is 4.74. The second-order valence-corrected chi connectivity index (χ2v) is 6.61. The van der Waals surface area contributed by atoms with E-state index >= 15 is 0 Å². The van der Waals surface area contributed by atoms with Crippen LogP contribution in [0.15, 0.2) is 0 Å². The summed E-state index contributed by atoms with van der Waals surface area (Å²) < 4.78 is 10.9. The molecule has 0 aromatic heterocycles. The molecule has 5 heteroatoms. The molecule has 0 amide bonds. The Bertz CT molecular complexity index is 353. The van der Waals surface area contributed by atoms with E-state index in [1.54, 1.807) is 0 Å². The van der Waals surface area contributed by atoms with Crippen molar-refractivity contribution in [1.82, 2.24) is 10.2 Å². The second kappa shape index (κ2) is 7.07. The van der Waals surface area contributed by atoms with E-state index in [4.69, 9.17) is 9.47 Å². The predicted molar refractivity (Wildman–Crippen MR) is 82.3 cm³/mol. The van der Waals surface area contributed by atoms with E-state index in [0.29, 0.717) is 6.04 Å². The van der Waals surface area contributed by atoms with Crippen molar-refractivity contribution in [2.75, 3.05) is 26.7 Å². The monoisotopic (exact) mass is 298 g/mol. The summed E-state index contributed by atoms with van der Waals surface area (Å²) in [6.45, 7) is 9.15. The lowest BCUT2D eigenvalue weighted by Crippen LogP contribution is -2.54. The van der Waals surface area contributed by atoms with E-state index in [1.807, 2.05) is 0 Å². The molecule has 1 aliphatic carbocycles. The molecule has 1 heterocycles. The van der Waals surface area contributed by atoms with Gasteiger partial charge in [0, 0.05) is 19.1 Å². The topological polar surface area (TPSA) is 50.8 Å². The highest BCUT2D eigenvalue weighted by atomic mass is 16.5. The average Bonchev–Trinajstić information content (AvgIpc) is 2.89. The van der Waals surface area contributed by atoms with Crippen LogP contribution in [0.3, 0.4) is 0 Å². The summed E-state index contributed by atoms with van der Waals surface area (Å²) in [4.78, 5) is 14.8. The molecule has 5 nitrogen and oxygen atoms in total. The molecule has 0 bridgehead atoms. The fourth-order valence-corrected chi connectivity index (χ4v) is 3.82. The SMILES string of the molecule is CCCNC1(C(=O)OC)CCC(N2CC(C)OC(C)C2)C1. The highest BCUT2D eigenvalue weighted by molar-refractivity contribution is 5.81. The molecule has 21 heavy (non-hydrogen) atoms. The lowest BCUT2D eigenvalue weighted by atomic mass is 9.96. The number of nitrogens with one attached hydrogen (secondary N) is 1. The summed E-state index contributed by atoms with van der Waals surface area (Å²) in [6, 6.07) is 0.447. The van der Waals surface area contributed by atoms with Crippen LogP contribution in [-0.4, -0.2) is 61.4 Å².